The second-order valence-electron chi connectivity index (χ2n) is 6.46. The average molecular weight is 369 g/mol. The molecule has 0 unspecified atom stereocenters. The van der Waals surface area contributed by atoms with Crippen LogP contribution in [0.2, 0.25) is 0 Å². The Hall–Kier alpha value is -2.36. The molecule has 0 atom stereocenters. The van der Waals surface area contributed by atoms with Gasteiger partial charge in [0.05, 0.1) is 5.56 Å². The molecule has 1 aliphatic heterocycles. The summed E-state index contributed by atoms with van der Waals surface area (Å²) in [5, 5.41) is 20.6. The van der Waals surface area contributed by atoms with Crippen molar-refractivity contribution in [3.8, 4) is 11.8 Å². The maximum absolute atomic E-state index is 10.3. The van der Waals surface area contributed by atoms with Crippen LogP contribution in [0.5, 0.6) is 5.75 Å². The number of hydrogen-bond acceptors (Lipinski definition) is 6. The molecule has 5 nitrogen and oxygen atoms in total. The summed E-state index contributed by atoms with van der Waals surface area (Å²) in [6, 6.07) is 7.96. The van der Waals surface area contributed by atoms with Gasteiger partial charge in [-0.2, -0.15) is 5.26 Å². The molecule has 0 saturated heterocycles. The van der Waals surface area contributed by atoms with E-state index in [1.807, 2.05) is 12.1 Å². The van der Waals surface area contributed by atoms with Crippen molar-refractivity contribution >= 4 is 28.2 Å². The summed E-state index contributed by atoms with van der Waals surface area (Å²) in [6.45, 7) is 7.81. The fraction of sp³-hybridized carbons (Fsp3) is 0.400. The maximum atomic E-state index is 10.3. The minimum atomic E-state index is 0.206. The van der Waals surface area contributed by atoms with E-state index in [-0.39, 0.29) is 5.75 Å². The van der Waals surface area contributed by atoms with E-state index < -0.39 is 0 Å². The van der Waals surface area contributed by atoms with Crippen molar-refractivity contribution in [3.05, 3.63) is 39.8 Å². The Kier molecular flexibility index (Phi) is 5.60. The van der Waals surface area contributed by atoms with Crippen LogP contribution < -0.4 is 4.90 Å². The van der Waals surface area contributed by atoms with Crippen LogP contribution in [0.15, 0.2) is 23.2 Å². The molecule has 0 spiro atoms. The number of likely N-dealkylation sites (N-methyl/N-ethyl adjacent to an activating group) is 1. The van der Waals surface area contributed by atoms with Crippen LogP contribution in [0.4, 0.5) is 10.7 Å². The number of anilines is 1. The predicted molar refractivity (Wildman–Crippen MR) is 108 cm³/mol. The van der Waals surface area contributed by atoms with Gasteiger partial charge in [-0.25, -0.2) is 4.99 Å². The summed E-state index contributed by atoms with van der Waals surface area (Å²) >= 11 is 1.58. The van der Waals surface area contributed by atoms with Crippen LogP contribution in [0.1, 0.15) is 35.4 Å². The summed E-state index contributed by atoms with van der Waals surface area (Å²) in [7, 11) is 2.09. The van der Waals surface area contributed by atoms with Crippen molar-refractivity contribution in [2.24, 2.45) is 4.99 Å². The topological polar surface area (TPSA) is 62.9 Å². The number of fused-ring (bicyclic) bond motifs is 1. The molecule has 2 heterocycles. The van der Waals surface area contributed by atoms with Gasteiger partial charge in [0, 0.05) is 54.6 Å². The van der Waals surface area contributed by atoms with Gasteiger partial charge in [-0.15, -0.1) is 11.3 Å². The van der Waals surface area contributed by atoms with Gasteiger partial charge < -0.3 is 14.9 Å². The Balaban J connectivity index is 1.88. The van der Waals surface area contributed by atoms with Crippen molar-refractivity contribution in [2.75, 3.05) is 31.6 Å². The lowest BCUT2D eigenvalue weighted by atomic mass is 10.0. The molecule has 0 bridgehead atoms. The van der Waals surface area contributed by atoms with Gasteiger partial charge in [-0.1, -0.05) is 0 Å². The molecule has 1 N–H and O–H groups in total. The number of benzene rings is 1. The van der Waals surface area contributed by atoms with E-state index in [1.165, 1.54) is 4.88 Å². The van der Waals surface area contributed by atoms with Gasteiger partial charge in [0.15, 0.2) is 0 Å². The zero-order chi connectivity index (χ0) is 18.7. The molecule has 0 aliphatic carbocycles. The highest BCUT2D eigenvalue weighted by molar-refractivity contribution is 7.16. The molecule has 3 rings (SSSR count). The number of rotatable bonds is 5. The molecule has 0 amide bonds. The molecule has 0 saturated carbocycles. The quantitative estimate of drug-likeness (QED) is 0.813. The second-order valence-corrected chi connectivity index (χ2v) is 7.54. The third-order valence-corrected chi connectivity index (χ3v) is 5.93. The first-order valence-electron chi connectivity index (χ1n) is 8.92. The average Bonchev–Trinajstić information content (AvgIpc) is 2.98. The fourth-order valence-corrected chi connectivity index (χ4v) is 4.50. The van der Waals surface area contributed by atoms with Gasteiger partial charge in [0.25, 0.3) is 0 Å². The lowest BCUT2D eigenvalue weighted by Gasteiger charge is -2.21. The highest BCUT2D eigenvalue weighted by Gasteiger charge is 2.22. The normalized spacial score (nSPS) is 14.4. The van der Waals surface area contributed by atoms with Crippen LogP contribution in [0.25, 0.3) is 0 Å². The largest absolute Gasteiger partial charge is 0.507 e. The monoisotopic (exact) mass is 368 g/mol. The maximum Gasteiger partial charge on any atom is 0.134 e. The van der Waals surface area contributed by atoms with Crippen LogP contribution in [-0.4, -0.2) is 42.9 Å². The van der Waals surface area contributed by atoms with Crippen LogP contribution in [0.3, 0.4) is 0 Å². The number of phenols is 1. The highest BCUT2D eigenvalue weighted by atomic mass is 32.1. The van der Waals surface area contributed by atoms with Crippen molar-refractivity contribution in [3.63, 3.8) is 0 Å². The summed E-state index contributed by atoms with van der Waals surface area (Å²) in [5.41, 5.74) is 3.49. The smallest absolute Gasteiger partial charge is 0.134 e. The summed E-state index contributed by atoms with van der Waals surface area (Å²) in [5.74, 6) is 0.206. The van der Waals surface area contributed by atoms with Crippen molar-refractivity contribution < 1.29 is 5.11 Å². The standard InChI is InChI=1S/C20H24N4OS/c1-4-24(5-2)15-7-6-14(18(25)10-15)12-22-20-17(11-21)16-8-9-23(3)13-19(16)26-20/h6-7,10,12,25H,4-5,8-9,13H2,1-3H3. The van der Waals surface area contributed by atoms with Crippen LogP contribution in [-0.2, 0) is 13.0 Å². The summed E-state index contributed by atoms with van der Waals surface area (Å²) < 4.78 is 0. The van der Waals surface area contributed by atoms with Gasteiger partial charge in [0.2, 0.25) is 0 Å². The Bertz CT molecular complexity index is 861. The predicted octanol–water partition coefficient (Wildman–Crippen LogP) is 3.91. The zero-order valence-electron chi connectivity index (χ0n) is 15.5. The fourth-order valence-electron chi connectivity index (χ4n) is 3.28. The first-order chi connectivity index (χ1) is 12.6. The number of nitrogens with zero attached hydrogens (tertiary/aromatic N) is 4. The Morgan fingerprint density at radius 3 is 2.81 bits per heavy atom. The number of aromatic hydroxyl groups is 1. The lowest BCUT2D eigenvalue weighted by molar-refractivity contribution is 0.317. The molecule has 0 fully saturated rings. The molecule has 1 aromatic heterocycles. The Morgan fingerprint density at radius 2 is 2.15 bits per heavy atom. The van der Waals surface area contributed by atoms with Crippen molar-refractivity contribution in [1.29, 1.82) is 5.26 Å². The second kappa shape index (κ2) is 7.90. The van der Waals surface area contributed by atoms with E-state index in [9.17, 15) is 10.4 Å². The van der Waals surface area contributed by atoms with Gasteiger partial charge in [-0.05, 0) is 45.0 Å². The molecule has 26 heavy (non-hydrogen) atoms. The van der Waals surface area contributed by atoms with E-state index in [2.05, 4.69) is 41.8 Å². The van der Waals surface area contributed by atoms with E-state index in [0.29, 0.717) is 11.1 Å². The van der Waals surface area contributed by atoms with Gasteiger partial charge in [-0.3, -0.25) is 0 Å². The highest BCUT2D eigenvalue weighted by Crippen LogP contribution is 2.38. The third kappa shape index (κ3) is 3.59. The van der Waals surface area contributed by atoms with Crippen molar-refractivity contribution in [2.45, 2.75) is 26.8 Å². The SMILES string of the molecule is CCN(CC)c1ccc(C=Nc2sc3c(c2C#N)CCN(C)C3)c(O)c1. The molecule has 136 valence electrons. The molecule has 2 aromatic rings. The van der Waals surface area contributed by atoms with E-state index in [1.54, 1.807) is 23.6 Å². The molecule has 1 aliphatic rings. The van der Waals surface area contributed by atoms with Crippen LogP contribution >= 0.6 is 11.3 Å². The van der Waals surface area contributed by atoms with E-state index in [0.717, 1.165) is 48.9 Å². The summed E-state index contributed by atoms with van der Waals surface area (Å²) in [4.78, 5) is 10.2. The Labute approximate surface area is 158 Å². The molecule has 6 heteroatoms. The third-order valence-electron chi connectivity index (χ3n) is 4.80. The first kappa shape index (κ1) is 18.4. The number of thiophene rings is 1. The van der Waals surface area contributed by atoms with Gasteiger partial charge >= 0.3 is 0 Å². The molecule has 1 aromatic carbocycles. The lowest BCUT2D eigenvalue weighted by Crippen LogP contribution is -2.25. The van der Waals surface area contributed by atoms with E-state index in [4.69, 9.17) is 0 Å². The Morgan fingerprint density at radius 1 is 1.38 bits per heavy atom. The molecule has 0 radical (unpaired) electrons. The molecular formula is C20H24N4OS. The minimum absolute atomic E-state index is 0.206. The van der Waals surface area contributed by atoms with Gasteiger partial charge in [0.1, 0.15) is 16.8 Å². The minimum Gasteiger partial charge on any atom is -0.507 e. The molecular weight excluding hydrogens is 344 g/mol. The summed E-state index contributed by atoms with van der Waals surface area (Å²) in [6.07, 6.45) is 2.55. The number of hydrogen-bond donors (Lipinski definition) is 1. The first-order valence-corrected chi connectivity index (χ1v) is 9.74. The number of phenolic OH excluding ortho intramolecular Hbond substituents is 1. The zero-order valence-corrected chi connectivity index (χ0v) is 16.3. The van der Waals surface area contributed by atoms with Crippen LogP contribution in [0, 0.1) is 11.3 Å². The van der Waals surface area contributed by atoms with E-state index >= 15 is 0 Å². The number of nitriles is 1. The number of aliphatic imine (C=N–C) groups is 1. The van der Waals surface area contributed by atoms with Crippen molar-refractivity contribution in [1.82, 2.24) is 4.90 Å².